The van der Waals surface area contributed by atoms with Gasteiger partial charge in [0, 0.05) is 16.1 Å². The van der Waals surface area contributed by atoms with Crippen LogP contribution >= 0.6 is 11.6 Å². The molecule has 0 bridgehead atoms. The molecule has 2 aromatic carbocycles. The summed E-state index contributed by atoms with van der Waals surface area (Å²) >= 11 is 5.92. The second kappa shape index (κ2) is 6.11. The van der Waals surface area contributed by atoms with Gasteiger partial charge in [-0.25, -0.2) is 9.82 Å². The summed E-state index contributed by atoms with van der Waals surface area (Å²) in [5.74, 6) is -0.953. The SMILES string of the molecule is O=C(N/N=C/c1ccccc1Cl)c1cccc(F)c1. The Labute approximate surface area is 114 Å². The van der Waals surface area contributed by atoms with E-state index in [-0.39, 0.29) is 5.56 Å². The minimum atomic E-state index is -0.484. The third-order valence-corrected chi connectivity index (χ3v) is 2.71. The lowest BCUT2D eigenvalue weighted by Crippen LogP contribution is -2.17. The summed E-state index contributed by atoms with van der Waals surface area (Å²) in [5, 5.41) is 4.31. The maximum absolute atomic E-state index is 12.9. The van der Waals surface area contributed by atoms with Crippen molar-refractivity contribution in [2.24, 2.45) is 5.10 Å². The molecule has 0 atom stereocenters. The number of nitrogens with zero attached hydrogens (tertiary/aromatic N) is 1. The van der Waals surface area contributed by atoms with E-state index in [1.165, 1.54) is 24.4 Å². The molecule has 0 radical (unpaired) electrons. The summed E-state index contributed by atoms with van der Waals surface area (Å²) in [6, 6.07) is 12.5. The molecule has 2 rings (SSSR count). The first-order valence-electron chi connectivity index (χ1n) is 5.50. The molecule has 96 valence electrons. The van der Waals surface area contributed by atoms with Crippen molar-refractivity contribution in [1.82, 2.24) is 5.43 Å². The van der Waals surface area contributed by atoms with Gasteiger partial charge in [-0.2, -0.15) is 5.10 Å². The minimum Gasteiger partial charge on any atom is -0.267 e. The quantitative estimate of drug-likeness (QED) is 0.679. The Kier molecular flexibility index (Phi) is 4.26. The third kappa shape index (κ3) is 3.63. The average Bonchev–Trinajstić information content (AvgIpc) is 2.41. The van der Waals surface area contributed by atoms with Crippen molar-refractivity contribution < 1.29 is 9.18 Å². The zero-order valence-corrected chi connectivity index (χ0v) is 10.6. The summed E-state index contributed by atoms with van der Waals surface area (Å²) in [6.45, 7) is 0. The molecule has 0 saturated heterocycles. The highest BCUT2D eigenvalue weighted by Crippen LogP contribution is 2.12. The highest BCUT2D eigenvalue weighted by atomic mass is 35.5. The fourth-order valence-electron chi connectivity index (χ4n) is 1.43. The van der Waals surface area contributed by atoms with E-state index in [1.54, 1.807) is 18.2 Å². The standard InChI is InChI=1S/C14H10ClFN2O/c15-13-7-2-1-4-11(13)9-17-18-14(19)10-5-3-6-12(16)8-10/h1-9H,(H,18,19)/b17-9+. The first-order chi connectivity index (χ1) is 9.16. The van der Waals surface area contributed by atoms with Crippen molar-refractivity contribution in [3.8, 4) is 0 Å². The van der Waals surface area contributed by atoms with Crippen LogP contribution in [0, 0.1) is 5.82 Å². The summed E-state index contributed by atoms with van der Waals surface area (Å²) in [7, 11) is 0. The van der Waals surface area contributed by atoms with Crippen LogP contribution in [0.1, 0.15) is 15.9 Å². The van der Waals surface area contributed by atoms with Crippen LogP contribution in [0.2, 0.25) is 5.02 Å². The Balaban J connectivity index is 2.03. The molecule has 0 saturated carbocycles. The summed E-state index contributed by atoms with van der Waals surface area (Å²) in [5.41, 5.74) is 3.20. The number of hydrogen-bond acceptors (Lipinski definition) is 2. The highest BCUT2D eigenvalue weighted by molar-refractivity contribution is 6.33. The molecular formula is C14H10ClFN2O. The maximum atomic E-state index is 12.9. The predicted molar refractivity (Wildman–Crippen MR) is 72.9 cm³/mol. The molecule has 0 aliphatic heterocycles. The van der Waals surface area contributed by atoms with Gasteiger partial charge in [0.05, 0.1) is 6.21 Å². The van der Waals surface area contributed by atoms with Gasteiger partial charge in [-0.15, -0.1) is 0 Å². The molecule has 0 unspecified atom stereocenters. The maximum Gasteiger partial charge on any atom is 0.271 e. The number of halogens is 2. The Morgan fingerprint density at radius 2 is 2.00 bits per heavy atom. The van der Waals surface area contributed by atoms with Crippen LogP contribution in [0.5, 0.6) is 0 Å². The zero-order chi connectivity index (χ0) is 13.7. The summed E-state index contributed by atoms with van der Waals surface area (Å²) in [6.07, 6.45) is 1.43. The fourth-order valence-corrected chi connectivity index (χ4v) is 1.62. The van der Waals surface area contributed by atoms with Crippen LogP contribution < -0.4 is 5.43 Å². The van der Waals surface area contributed by atoms with E-state index >= 15 is 0 Å². The van der Waals surface area contributed by atoms with Crippen molar-refractivity contribution in [2.45, 2.75) is 0 Å². The molecular weight excluding hydrogens is 267 g/mol. The Hall–Kier alpha value is -2.20. The highest BCUT2D eigenvalue weighted by Gasteiger charge is 2.04. The van der Waals surface area contributed by atoms with Gasteiger partial charge < -0.3 is 0 Å². The number of benzene rings is 2. The summed E-state index contributed by atoms with van der Waals surface area (Å²) < 4.78 is 12.9. The molecule has 0 aliphatic rings. The zero-order valence-electron chi connectivity index (χ0n) is 9.81. The molecule has 0 fully saturated rings. The van der Waals surface area contributed by atoms with Crippen LogP contribution in [0.3, 0.4) is 0 Å². The Morgan fingerprint density at radius 1 is 1.21 bits per heavy atom. The lowest BCUT2D eigenvalue weighted by atomic mass is 10.2. The van der Waals surface area contributed by atoms with Crippen LogP contribution in [0.15, 0.2) is 53.6 Å². The lowest BCUT2D eigenvalue weighted by Gasteiger charge is -2.00. The van der Waals surface area contributed by atoms with Gasteiger partial charge in [0.2, 0.25) is 0 Å². The molecule has 0 aliphatic carbocycles. The van der Waals surface area contributed by atoms with Gasteiger partial charge in [-0.05, 0) is 24.3 Å². The van der Waals surface area contributed by atoms with Crippen molar-refractivity contribution in [3.63, 3.8) is 0 Å². The second-order valence-electron chi connectivity index (χ2n) is 3.73. The lowest BCUT2D eigenvalue weighted by molar-refractivity contribution is 0.0954. The number of carbonyl (C=O) groups excluding carboxylic acids is 1. The minimum absolute atomic E-state index is 0.205. The number of hydrogen-bond donors (Lipinski definition) is 1. The number of hydrazone groups is 1. The molecule has 5 heteroatoms. The number of rotatable bonds is 3. The van der Waals surface area contributed by atoms with E-state index in [4.69, 9.17) is 11.6 Å². The average molecular weight is 277 g/mol. The van der Waals surface area contributed by atoms with E-state index in [1.807, 2.05) is 6.07 Å². The van der Waals surface area contributed by atoms with E-state index in [0.29, 0.717) is 10.6 Å². The van der Waals surface area contributed by atoms with E-state index < -0.39 is 11.7 Å². The molecule has 3 nitrogen and oxygen atoms in total. The monoisotopic (exact) mass is 276 g/mol. The smallest absolute Gasteiger partial charge is 0.267 e. The largest absolute Gasteiger partial charge is 0.271 e. The summed E-state index contributed by atoms with van der Waals surface area (Å²) in [4.78, 5) is 11.6. The van der Waals surface area contributed by atoms with Gasteiger partial charge in [-0.1, -0.05) is 35.9 Å². The van der Waals surface area contributed by atoms with Crippen LogP contribution in [-0.4, -0.2) is 12.1 Å². The molecule has 2 aromatic rings. The second-order valence-corrected chi connectivity index (χ2v) is 4.14. The van der Waals surface area contributed by atoms with E-state index in [0.717, 1.165) is 6.07 Å². The van der Waals surface area contributed by atoms with Gasteiger partial charge in [0.1, 0.15) is 5.82 Å². The molecule has 0 spiro atoms. The van der Waals surface area contributed by atoms with E-state index in [9.17, 15) is 9.18 Å². The van der Waals surface area contributed by atoms with Crippen LogP contribution in [0.25, 0.3) is 0 Å². The van der Waals surface area contributed by atoms with Gasteiger partial charge in [0.15, 0.2) is 0 Å². The van der Waals surface area contributed by atoms with Crippen molar-refractivity contribution in [3.05, 3.63) is 70.5 Å². The van der Waals surface area contributed by atoms with Crippen LogP contribution in [-0.2, 0) is 0 Å². The fraction of sp³-hybridized carbons (Fsp3) is 0. The van der Waals surface area contributed by atoms with Crippen molar-refractivity contribution in [2.75, 3.05) is 0 Å². The molecule has 1 N–H and O–H groups in total. The number of amides is 1. The first-order valence-corrected chi connectivity index (χ1v) is 5.88. The Morgan fingerprint density at radius 3 is 2.74 bits per heavy atom. The third-order valence-electron chi connectivity index (χ3n) is 2.36. The molecule has 19 heavy (non-hydrogen) atoms. The molecule has 0 aromatic heterocycles. The number of nitrogens with one attached hydrogen (secondary N) is 1. The van der Waals surface area contributed by atoms with Crippen molar-refractivity contribution in [1.29, 1.82) is 0 Å². The number of carbonyl (C=O) groups is 1. The predicted octanol–water partition coefficient (Wildman–Crippen LogP) is 3.24. The topological polar surface area (TPSA) is 41.5 Å². The van der Waals surface area contributed by atoms with Crippen molar-refractivity contribution >= 4 is 23.7 Å². The Bertz CT molecular complexity index is 628. The molecule has 1 amide bonds. The van der Waals surface area contributed by atoms with Crippen LogP contribution in [0.4, 0.5) is 4.39 Å². The molecule has 0 heterocycles. The van der Waals surface area contributed by atoms with Gasteiger partial charge >= 0.3 is 0 Å². The first kappa shape index (κ1) is 13.2. The normalized spacial score (nSPS) is 10.6. The van der Waals surface area contributed by atoms with Gasteiger partial charge in [-0.3, -0.25) is 4.79 Å². The van der Waals surface area contributed by atoms with E-state index in [2.05, 4.69) is 10.5 Å². The van der Waals surface area contributed by atoms with Gasteiger partial charge in [0.25, 0.3) is 5.91 Å².